The Hall–Kier alpha value is -1.83. The standard InChI is InChI=1S/C25H33NO4S2/c1-4-5-6-15-31-24-16-23(20-11-7-18(2)8-12-20)26(17-22(24)25(27)28)32(29,30)21-13-9-19(3)10-14-21/h7-14,22-24H,4-6,15-17H2,1-3H3,(H,27,28)/t22-,23+,24-/m1/s1. The molecule has 5 nitrogen and oxygen atoms in total. The summed E-state index contributed by atoms with van der Waals surface area (Å²) in [5.74, 6) is -0.763. The first-order valence-electron chi connectivity index (χ1n) is 11.2. The van der Waals surface area contributed by atoms with Crippen LogP contribution in [0, 0.1) is 19.8 Å². The van der Waals surface area contributed by atoms with E-state index in [0.29, 0.717) is 6.42 Å². The summed E-state index contributed by atoms with van der Waals surface area (Å²) in [7, 11) is -3.84. The summed E-state index contributed by atoms with van der Waals surface area (Å²) in [4.78, 5) is 12.4. The van der Waals surface area contributed by atoms with E-state index in [0.717, 1.165) is 41.7 Å². The van der Waals surface area contributed by atoms with Gasteiger partial charge in [0.1, 0.15) is 0 Å². The summed E-state index contributed by atoms with van der Waals surface area (Å²) in [6, 6.07) is 14.3. The van der Waals surface area contributed by atoms with Crippen molar-refractivity contribution >= 4 is 27.8 Å². The summed E-state index contributed by atoms with van der Waals surface area (Å²) in [5.41, 5.74) is 2.99. The summed E-state index contributed by atoms with van der Waals surface area (Å²) in [5, 5.41) is 9.84. The third-order valence-corrected chi connectivity index (χ3v) is 9.48. The molecule has 1 aliphatic heterocycles. The molecule has 0 saturated carbocycles. The highest BCUT2D eigenvalue weighted by Gasteiger charge is 2.45. The van der Waals surface area contributed by atoms with Crippen LogP contribution in [-0.2, 0) is 14.8 Å². The largest absolute Gasteiger partial charge is 0.481 e. The predicted molar refractivity (Wildman–Crippen MR) is 131 cm³/mol. The number of carboxylic acids is 1. The Kier molecular flexibility index (Phi) is 8.42. The number of benzene rings is 2. The second kappa shape index (κ2) is 10.9. The van der Waals surface area contributed by atoms with E-state index in [9.17, 15) is 18.3 Å². The molecule has 0 amide bonds. The van der Waals surface area contributed by atoms with Crippen LogP contribution in [0.2, 0.25) is 0 Å². The lowest BCUT2D eigenvalue weighted by molar-refractivity contribution is -0.143. The van der Waals surface area contributed by atoms with Crippen molar-refractivity contribution in [3.63, 3.8) is 0 Å². The lowest BCUT2D eigenvalue weighted by atomic mass is 9.90. The van der Waals surface area contributed by atoms with E-state index in [-0.39, 0.29) is 22.7 Å². The first-order chi connectivity index (χ1) is 15.2. The zero-order valence-electron chi connectivity index (χ0n) is 19.0. The van der Waals surface area contributed by atoms with Crippen LogP contribution in [0.5, 0.6) is 0 Å². The lowest BCUT2D eigenvalue weighted by Crippen LogP contribution is -2.49. The Morgan fingerprint density at radius 1 is 1.03 bits per heavy atom. The third-order valence-electron chi connectivity index (χ3n) is 6.12. The molecule has 0 radical (unpaired) electrons. The molecule has 0 unspecified atom stereocenters. The Balaban J connectivity index is 1.98. The van der Waals surface area contributed by atoms with Crippen molar-refractivity contribution in [1.29, 1.82) is 0 Å². The number of nitrogens with zero attached hydrogens (tertiary/aromatic N) is 1. The smallest absolute Gasteiger partial charge is 0.308 e. The molecule has 0 spiro atoms. The van der Waals surface area contributed by atoms with Crippen LogP contribution in [0.15, 0.2) is 53.4 Å². The Labute approximate surface area is 196 Å². The van der Waals surface area contributed by atoms with Crippen LogP contribution >= 0.6 is 11.8 Å². The molecular weight excluding hydrogens is 442 g/mol. The molecule has 3 atom stereocenters. The van der Waals surface area contributed by atoms with Gasteiger partial charge in [0.15, 0.2) is 0 Å². The monoisotopic (exact) mass is 475 g/mol. The van der Waals surface area contributed by atoms with Gasteiger partial charge in [0.2, 0.25) is 10.0 Å². The normalized spacial score (nSPS) is 22.0. The third kappa shape index (κ3) is 5.74. The van der Waals surface area contributed by atoms with Gasteiger partial charge in [-0.1, -0.05) is 67.3 Å². The van der Waals surface area contributed by atoms with Gasteiger partial charge in [-0.05, 0) is 50.1 Å². The Bertz CT molecular complexity index is 1000. The fraction of sp³-hybridized carbons (Fsp3) is 0.480. The molecule has 2 aromatic carbocycles. The number of rotatable bonds is 9. The molecular formula is C25H33NO4S2. The van der Waals surface area contributed by atoms with Gasteiger partial charge in [-0.3, -0.25) is 4.79 Å². The van der Waals surface area contributed by atoms with Gasteiger partial charge in [0, 0.05) is 11.8 Å². The van der Waals surface area contributed by atoms with Crippen molar-refractivity contribution in [2.75, 3.05) is 12.3 Å². The second-order valence-electron chi connectivity index (χ2n) is 8.61. The number of carbonyl (C=O) groups is 1. The van der Waals surface area contributed by atoms with E-state index in [1.165, 1.54) is 4.31 Å². The maximum absolute atomic E-state index is 13.6. The minimum absolute atomic E-state index is 0.0183. The zero-order valence-corrected chi connectivity index (χ0v) is 20.7. The average Bonchev–Trinajstić information content (AvgIpc) is 2.77. The number of hydrogen-bond donors (Lipinski definition) is 1. The molecule has 7 heteroatoms. The lowest BCUT2D eigenvalue weighted by Gasteiger charge is -2.42. The maximum Gasteiger partial charge on any atom is 0.308 e. The van der Waals surface area contributed by atoms with Gasteiger partial charge in [-0.15, -0.1) is 0 Å². The van der Waals surface area contributed by atoms with Crippen LogP contribution in [0.4, 0.5) is 0 Å². The SMILES string of the molecule is CCCCCS[C@@H]1C[C@@H](c2ccc(C)cc2)N(S(=O)(=O)c2ccc(C)cc2)C[C@H]1C(=O)O. The van der Waals surface area contributed by atoms with E-state index >= 15 is 0 Å². The van der Waals surface area contributed by atoms with Crippen molar-refractivity contribution in [3.05, 3.63) is 65.2 Å². The number of hydrogen-bond acceptors (Lipinski definition) is 4. The molecule has 1 aliphatic rings. The Morgan fingerprint density at radius 2 is 1.62 bits per heavy atom. The van der Waals surface area contributed by atoms with E-state index < -0.39 is 21.9 Å². The number of sulfonamides is 1. The molecule has 0 bridgehead atoms. The first kappa shape index (κ1) is 24.8. The predicted octanol–water partition coefficient (Wildman–Crippen LogP) is 5.43. The van der Waals surface area contributed by atoms with Crippen LogP contribution in [0.3, 0.4) is 0 Å². The van der Waals surface area contributed by atoms with E-state index in [1.807, 2.05) is 38.1 Å². The summed E-state index contributed by atoms with van der Waals surface area (Å²) >= 11 is 1.68. The molecule has 1 N–H and O–H groups in total. The van der Waals surface area contributed by atoms with Crippen LogP contribution in [0.1, 0.15) is 55.3 Å². The number of thioether (sulfide) groups is 1. The number of aliphatic carboxylic acids is 1. The molecule has 1 heterocycles. The van der Waals surface area contributed by atoms with Gasteiger partial charge >= 0.3 is 5.97 Å². The second-order valence-corrected chi connectivity index (χ2v) is 11.8. The van der Waals surface area contributed by atoms with Crippen molar-refractivity contribution in [1.82, 2.24) is 4.31 Å². The van der Waals surface area contributed by atoms with Gasteiger partial charge in [-0.2, -0.15) is 16.1 Å². The van der Waals surface area contributed by atoms with E-state index in [1.54, 1.807) is 36.0 Å². The van der Waals surface area contributed by atoms with Crippen molar-refractivity contribution in [3.8, 4) is 0 Å². The molecule has 1 fully saturated rings. The van der Waals surface area contributed by atoms with Gasteiger partial charge in [0.05, 0.1) is 16.9 Å². The summed E-state index contributed by atoms with van der Waals surface area (Å²) < 4.78 is 28.7. The minimum atomic E-state index is -3.84. The minimum Gasteiger partial charge on any atom is -0.481 e. The molecule has 3 rings (SSSR count). The molecule has 174 valence electrons. The van der Waals surface area contributed by atoms with Crippen LogP contribution in [0.25, 0.3) is 0 Å². The Morgan fingerprint density at radius 3 is 2.19 bits per heavy atom. The number of aryl methyl sites for hydroxylation is 2. The summed E-state index contributed by atoms with van der Waals surface area (Å²) in [6.07, 6.45) is 3.77. The summed E-state index contributed by atoms with van der Waals surface area (Å²) in [6.45, 7) is 6.04. The highest BCUT2D eigenvalue weighted by atomic mass is 32.2. The molecule has 2 aromatic rings. The fourth-order valence-electron chi connectivity index (χ4n) is 4.15. The topological polar surface area (TPSA) is 74.7 Å². The quantitative estimate of drug-likeness (QED) is 0.489. The molecule has 0 aliphatic carbocycles. The van der Waals surface area contributed by atoms with Crippen molar-refractivity contribution in [2.45, 2.75) is 62.6 Å². The number of unbranched alkanes of at least 4 members (excludes halogenated alkanes) is 2. The molecule has 32 heavy (non-hydrogen) atoms. The van der Waals surface area contributed by atoms with E-state index in [4.69, 9.17) is 0 Å². The highest BCUT2D eigenvalue weighted by Crippen LogP contribution is 2.42. The first-order valence-corrected chi connectivity index (χ1v) is 13.7. The van der Waals surface area contributed by atoms with Gasteiger partial charge in [-0.25, -0.2) is 8.42 Å². The van der Waals surface area contributed by atoms with E-state index in [2.05, 4.69) is 6.92 Å². The van der Waals surface area contributed by atoms with Gasteiger partial charge in [0.25, 0.3) is 0 Å². The fourth-order valence-corrected chi connectivity index (χ4v) is 7.23. The van der Waals surface area contributed by atoms with Crippen molar-refractivity contribution < 1.29 is 18.3 Å². The van der Waals surface area contributed by atoms with Crippen molar-refractivity contribution in [2.24, 2.45) is 5.92 Å². The maximum atomic E-state index is 13.6. The highest BCUT2D eigenvalue weighted by molar-refractivity contribution is 7.99. The van der Waals surface area contributed by atoms with Gasteiger partial charge < -0.3 is 5.11 Å². The van der Waals surface area contributed by atoms with Crippen LogP contribution in [-0.4, -0.2) is 41.3 Å². The van der Waals surface area contributed by atoms with Crippen LogP contribution < -0.4 is 0 Å². The number of piperidine rings is 1. The zero-order chi connectivity index (χ0) is 23.3. The molecule has 0 aromatic heterocycles. The molecule has 1 saturated heterocycles. The average molecular weight is 476 g/mol. The number of carboxylic acid groups (broad SMARTS) is 1.